The van der Waals surface area contributed by atoms with Crippen molar-refractivity contribution < 1.29 is 4.74 Å². The third kappa shape index (κ3) is 4.08. The summed E-state index contributed by atoms with van der Waals surface area (Å²) in [6.07, 6.45) is 1.52. The van der Waals surface area contributed by atoms with Gasteiger partial charge in [-0.1, -0.05) is 19.1 Å². The van der Waals surface area contributed by atoms with E-state index < -0.39 is 0 Å². The predicted octanol–water partition coefficient (Wildman–Crippen LogP) is 3.04. The minimum Gasteiger partial charge on any atom is -0.497 e. The average Bonchev–Trinajstić information content (AvgIpc) is 2.38. The van der Waals surface area contributed by atoms with E-state index in [4.69, 9.17) is 10.00 Å². The summed E-state index contributed by atoms with van der Waals surface area (Å²) in [6, 6.07) is 10.7. The molecule has 0 aromatic heterocycles. The lowest BCUT2D eigenvalue weighted by molar-refractivity contribution is 0.413. The molecule has 1 rings (SSSR count). The van der Waals surface area contributed by atoms with Crippen LogP contribution in [0.15, 0.2) is 24.3 Å². The van der Waals surface area contributed by atoms with E-state index >= 15 is 0 Å². The Morgan fingerprint density at radius 2 is 2.00 bits per heavy atom. The van der Waals surface area contributed by atoms with Crippen molar-refractivity contribution in [2.75, 3.05) is 7.11 Å². The molecule has 0 aliphatic carbocycles. The van der Waals surface area contributed by atoms with E-state index in [1.54, 1.807) is 7.11 Å². The Bertz CT molecular complexity index is 367. The molecule has 3 nitrogen and oxygen atoms in total. The number of hydrogen-bond donors (Lipinski definition) is 1. The minimum atomic E-state index is 0.249. The third-order valence-corrected chi connectivity index (χ3v) is 2.93. The molecule has 0 fully saturated rings. The first-order valence-electron chi connectivity index (χ1n) is 5.98. The largest absolute Gasteiger partial charge is 0.497 e. The first kappa shape index (κ1) is 13.5. The molecule has 1 aromatic carbocycles. The lowest BCUT2D eigenvalue weighted by atomic mass is 10.1. The van der Waals surface area contributed by atoms with Gasteiger partial charge in [0.1, 0.15) is 5.75 Å². The van der Waals surface area contributed by atoms with Crippen molar-refractivity contribution in [2.45, 2.75) is 38.8 Å². The van der Waals surface area contributed by atoms with Crippen LogP contribution < -0.4 is 10.1 Å². The molecule has 17 heavy (non-hydrogen) atoms. The molecule has 0 aliphatic heterocycles. The van der Waals surface area contributed by atoms with Crippen LogP contribution in [0.3, 0.4) is 0 Å². The highest BCUT2D eigenvalue weighted by molar-refractivity contribution is 5.28. The van der Waals surface area contributed by atoms with E-state index in [1.807, 2.05) is 12.1 Å². The Morgan fingerprint density at radius 3 is 2.47 bits per heavy atom. The van der Waals surface area contributed by atoms with E-state index in [-0.39, 0.29) is 12.1 Å². The van der Waals surface area contributed by atoms with Crippen LogP contribution in [0.25, 0.3) is 0 Å². The number of nitriles is 1. The van der Waals surface area contributed by atoms with Crippen LogP contribution >= 0.6 is 0 Å². The second-order valence-corrected chi connectivity index (χ2v) is 4.13. The van der Waals surface area contributed by atoms with Gasteiger partial charge in [-0.2, -0.15) is 5.26 Å². The van der Waals surface area contributed by atoms with Crippen LogP contribution in [0.2, 0.25) is 0 Å². The maximum absolute atomic E-state index is 8.71. The summed E-state index contributed by atoms with van der Waals surface area (Å²) >= 11 is 0. The summed E-state index contributed by atoms with van der Waals surface area (Å²) in [5.74, 6) is 0.866. The summed E-state index contributed by atoms with van der Waals surface area (Å²) in [4.78, 5) is 0. The number of ether oxygens (including phenoxy) is 1. The zero-order valence-electron chi connectivity index (χ0n) is 10.7. The molecular weight excluding hydrogens is 212 g/mol. The fourth-order valence-corrected chi connectivity index (χ4v) is 1.77. The van der Waals surface area contributed by atoms with Gasteiger partial charge < -0.3 is 10.1 Å². The third-order valence-electron chi connectivity index (χ3n) is 2.93. The van der Waals surface area contributed by atoms with Gasteiger partial charge in [0.05, 0.1) is 19.6 Å². The normalized spacial score (nSPS) is 13.8. The molecule has 0 radical (unpaired) electrons. The Balaban J connectivity index is 2.62. The lowest BCUT2D eigenvalue weighted by Crippen LogP contribution is -2.30. The second kappa shape index (κ2) is 6.93. The molecule has 0 bridgehead atoms. The molecule has 0 saturated heterocycles. The van der Waals surface area contributed by atoms with Gasteiger partial charge in [-0.25, -0.2) is 0 Å². The molecule has 0 heterocycles. The quantitative estimate of drug-likeness (QED) is 0.820. The molecule has 1 aromatic rings. The van der Waals surface area contributed by atoms with E-state index in [0.717, 1.165) is 12.2 Å². The van der Waals surface area contributed by atoms with Crippen molar-refractivity contribution in [3.05, 3.63) is 29.8 Å². The molecule has 2 atom stereocenters. The van der Waals surface area contributed by atoms with E-state index in [0.29, 0.717) is 6.42 Å². The Kier molecular flexibility index (Phi) is 5.51. The maximum Gasteiger partial charge on any atom is 0.118 e. The van der Waals surface area contributed by atoms with Gasteiger partial charge >= 0.3 is 0 Å². The van der Waals surface area contributed by atoms with Crippen molar-refractivity contribution in [1.29, 1.82) is 5.26 Å². The van der Waals surface area contributed by atoms with Crippen LogP contribution in [0.4, 0.5) is 0 Å². The SMILES string of the molecule is CCC(CC#N)N[C@@H](C)c1ccc(OC)cc1. The van der Waals surface area contributed by atoms with E-state index in [9.17, 15) is 0 Å². The molecule has 0 saturated carbocycles. The Morgan fingerprint density at radius 1 is 1.35 bits per heavy atom. The van der Waals surface area contributed by atoms with Gasteiger partial charge in [-0.05, 0) is 31.0 Å². The smallest absolute Gasteiger partial charge is 0.118 e. The van der Waals surface area contributed by atoms with Crippen molar-refractivity contribution >= 4 is 0 Å². The van der Waals surface area contributed by atoms with Crippen molar-refractivity contribution in [3.8, 4) is 11.8 Å². The highest BCUT2D eigenvalue weighted by Crippen LogP contribution is 2.18. The van der Waals surface area contributed by atoms with Gasteiger partial charge in [0.25, 0.3) is 0 Å². The van der Waals surface area contributed by atoms with Crippen LogP contribution in [0.5, 0.6) is 5.75 Å². The van der Waals surface area contributed by atoms with Crippen molar-refractivity contribution in [3.63, 3.8) is 0 Å². The minimum absolute atomic E-state index is 0.249. The Hall–Kier alpha value is -1.53. The summed E-state index contributed by atoms with van der Waals surface area (Å²) in [6.45, 7) is 4.21. The molecule has 3 heteroatoms. The van der Waals surface area contributed by atoms with Gasteiger partial charge in [0, 0.05) is 12.1 Å². The summed E-state index contributed by atoms with van der Waals surface area (Å²) in [5.41, 5.74) is 1.21. The zero-order chi connectivity index (χ0) is 12.7. The van der Waals surface area contributed by atoms with Gasteiger partial charge in [-0.3, -0.25) is 0 Å². The highest BCUT2D eigenvalue weighted by Gasteiger charge is 2.11. The number of benzene rings is 1. The topological polar surface area (TPSA) is 45.0 Å². The molecule has 0 amide bonds. The molecule has 1 N–H and O–H groups in total. The molecule has 0 spiro atoms. The first-order chi connectivity index (χ1) is 8.21. The molecule has 0 aliphatic rings. The van der Waals surface area contributed by atoms with Crippen molar-refractivity contribution in [1.82, 2.24) is 5.32 Å². The summed E-state index contributed by atoms with van der Waals surface area (Å²) < 4.78 is 5.13. The van der Waals surface area contributed by atoms with Crippen LogP contribution in [0.1, 0.15) is 38.3 Å². The van der Waals surface area contributed by atoms with Crippen LogP contribution in [-0.2, 0) is 0 Å². The van der Waals surface area contributed by atoms with Crippen molar-refractivity contribution in [2.24, 2.45) is 0 Å². The number of nitrogens with zero attached hydrogens (tertiary/aromatic N) is 1. The van der Waals surface area contributed by atoms with Gasteiger partial charge in [-0.15, -0.1) is 0 Å². The van der Waals surface area contributed by atoms with Gasteiger partial charge in [0.15, 0.2) is 0 Å². The fourth-order valence-electron chi connectivity index (χ4n) is 1.77. The van der Waals surface area contributed by atoms with Crippen LogP contribution in [-0.4, -0.2) is 13.2 Å². The average molecular weight is 232 g/mol. The number of rotatable bonds is 6. The number of nitrogens with one attached hydrogen (secondary N) is 1. The summed E-state index contributed by atoms with van der Waals surface area (Å²) in [5, 5.41) is 12.2. The zero-order valence-corrected chi connectivity index (χ0v) is 10.7. The van der Waals surface area contributed by atoms with E-state index in [2.05, 4.69) is 37.4 Å². The lowest BCUT2D eigenvalue weighted by Gasteiger charge is -2.20. The molecule has 1 unspecified atom stereocenters. The maximum atomic E-state index is 8.71. The van der Waals surface area contributed by atoms with Crippen LogP contribution in [0, 0.1) is 11.3 Å². The standard InChI is InChI=1S/C14H20N2O/c1-4-13(9-10-15)16-11(2)12-5-7-14(17-3)8-6-12/h5-8,11,13,16H,4,9H2,1-3H3/t11-,13?/m0/s1. The molecular formula is C14H20N2O. The predicted molar refractivity (Wildman–Crippen MR) is 68.9 cm³/mol. The van der Waals surface area contributed by atoms with Gasteiger partial charge in [0.2, 0.25) is 0 Å². The summed E-state index contributed by atoms with van der Waals surface area (Å²) in [7, 11) is 1.66. The fraction of sp³-hybridized carbons (Fsp3) is 0.500. The number of hydrogen-bond acceptors (Lipinski definition) is 3. The monoisotopic (exact) mass is 232 g/mol. The number of methoxy groups -OCH3 is 1. The first-order valence-corrected chi connectivity index (χ1v) is 5.98. The second-order valence-electron chi connectivity index (χ2n) is 4.13. The molecule has 92 valence electrons. The van der Waals surface area contributed by atoms with E-state index in [1.165, 1.54) is 5.56 Å². The highest BCUT2D eigenvalue weighted by atomic mass is 16.5. The Labute approximate surface area is 103 Å².